The molecule has 0 aliphatic carbocycles. The molecule has 0 saturated heterocycles. The van der Waals surface area contributed by atoms with Gasteiger partial charge in [0.15, 0.2) is 0 Å². The average molecular weight is 1760 g/mol. The van der Waals surface area contributed by atoms with Gasteiger partial charge in [0.05, 0.1) is 0 Å². The summed E-state index contributed by atoms with van der Waals surface area (Å²) >= 11 is 0. The van der Waals surface area contributed by atoms with Crippen LogP contribution >= 0.6 is 0 Å². The molecule has 5 heterocycles. The number of pyridine rings is 5. The van der Waals surface area contributed by atoms with Crippen molar-refractivity contribution in [3.05, 3.63) is 322 Å². The number of fused-ring (bicyclic) bond motifs is 1. The van der Waals surface area contributed by atoms with Gasteiger partial charge in [-0.05, 0) is 80.1 Å². The SMILES string of the molecule is Cc1cc[c-]c(-c2ccccn2)c1.[Ir].[Ir].[Ir].[Ir].[c-]1ccc(-c2ccccc2)cc1-c1cc2ccccc2cn1.[c-]1ccc(-c2ccccc2)cc1-c1ccccn1.[c-]1ccc(-c2cncc(-c3ccccc3)c2)cc1-c1ccccn1. The van der Waals surface area contributed by atoms with E-state index < -0.39 is 0 Å². The van der Waals surface area contributed by atoms with E-state index in [4.69, 9.17) is 0 Å². The fourth-order valence-corrected chi connectivity index (χ4v) is 8.55. The number of hydrogen-bond donors (Lipinski definition) is 0. The first-order valence-corrected chi connectivity index (χ1v) is 25.3. The first kappa shape index (κ1) is 62.6. The van der Waals surface area contributed by atoms with Crippen LogP contribution < -0.4 is 0 Å². The summed E-state index contributed by atoms with van der Waals surface area (Å²) < 4.78 is 0. The fraction of sp³-hybridized carbons (Fsp3) is 0.0139. The topological polar surface area (TPSA) is 64.5 Å². The summed E-state index contributed by atoms with van der Waals surface area (Å²) in [6, 6.07) is 98.7. The largest absolute Gasteiger partial charge is 0.305 e. The van der Waals surface area contributed by atoms with Crippen LogP contribution in [0.25, 0.3) is 100 Å². The summed E-state index contributed by atoms with van der Waals surface area (Å²) in [5, 5.41) is 2.36. The van der Waals surface area contributed by atoms with Gasteiger partial charge < -0.3 is 19.9 Å². The quantitative estimate of drug-likeness (QED) is 0.142. The van der Waals surface area contributed by atoms with Crippen molar-refractivity contribution in [2.24, 2.45) is 0 Å². The van der Waals surface area contributed by atoms with Crippen LogP contribution in [0.1, 0.15) is 5.56 Å². The molecule has 0 aliphatic rings. The first-order chi connectivity index (χ1) is 38.1. The van der Waals surface area contributed by atoms with Crippen molar-refractivity contribution >= 4 is 10.8 Å². The second-order valence-corrected chi connectivity index (χ2v) is 17.9. The van der Waals surface area contributed by atoms with E-state index in [2.05, 4.69) is 177 Å². The van der Waals surface area contributed by atoms with Gasteiger partial charge in [-0.3, -0.25) is 4.98 Å². The molecule has 81 heavy (non-hydrogen) atoms. The van der Waals surface area contributed by atoms with Crippen LogP contribution in [0.4, 0.5) is 0 Å². The summed E-state index contributed by atoms with van der Waals surface area (Å²) in [4.78, 5) is 22.0. The van der Waals surface area contributed by atoms with Crippen molar-refractivity contribution in [3.8, 4) is 89.5 Å². The molecule has 13 aromatic rings. The van der Waals surface area contributed by atoms with E-state index in [1.54, 1.807) is 18.6 Å². The molecule has 404 valence electrons. The van der Waals surface area contributed by atoms with Crippen LogP contribution in [0.2, 0.25) is 0 Å². The van der Waals surface area contributed by atoms with Crippen LogP contribution in [-0.4, -0.2) is 24.9 Å². The standard InChI is InChI=1S/C22H15N2.C21H14N.C17H12N.C12H10N.4Ir/c1-2-7-17(8-3-1)20-14-21(16-23-15-20)18-9-6-10-19(13-18)22-11-4-5-12-24-22;1-2-7-16(8-3-1)17-11-6-12-19(13-17)21-14-18-9-4-5-10-20(18)15-22-21;1-2-7-14(8-3-1)15-9-6-10-16(13-15)17-11-4-5-12-18-17;1-10-5-4-6-11(9-10)12-7-2-3-8-13-12;;;;/h1-9,11-16H;1-11,13-15H;1-9,11-13H;2-5,7-9H,1H3;;;;/q4*-1;;;;. The molecule has 5 nitrogen and oxygen atoms in total. The van der Waals surface area contributed by atoms with Gasteiger partial charge in [-0.2, -0.15) is 0 Å². The number of aryl methyl sites for hydroxylation is 1. The van der Waals surface area contributed by atoms with E-state index in [1.807, 2.05) is 152 Å². The van der Waals surface area contributed by atoms with Crippen LogP contribution in [0.15, 0.2) is 292 Å². The molecule has 9 heteroatoms. The Morgan fingerprint density at radius 1 is 0.259 bits per heavy atom. The first-order valence-electron chi connectivity index (χ1n) is 25.3. The van der Waals surface area contributed by atoms with E-state index >= 15 is 0 Å². The second kappa shape index (κ2) is 32.6. The van der Waals surface area contributed by atoms with Crippen molar-refractivity contribution in [2.75, 3.05) is 0 Å². The number of nitrogens with zero attached hydrogens (tertiary/aromatic N) is 5. The number of hydrogen-bond acceptors (Lipinski definition) is 5. The molecule has 0 fully saturated rings. The normalized spacial score (nSPS) is 9.89. The number of rotatable bonds is 8. The maximum Gasteiger partial charge on any atom is 0.0346 e. The Labute approximate surface area is 529 Å². The molecule has 8 aromatic carbocycles. The molecule has 0 spiro atoms. The summed E-state index contributed by atoms with van der Waals surface area (Å²) in [5.74, 6) is 0. The fourth-order valence-electron chi connectivity index (χ4n) is 8.55. The number of aromatic nitrogens is 5. The Kier molecular flexibility index (Phi) is 25.2. The molecule has 13 rings (SSSR count). The van der Waals surface area contributed by atoms with E-state index in [0.29, 0.717) is 0 Å². The molecule has 0 N–H and O–H groups in total. The van der Waals surface area contributed by atoms with E-state index in [1.165, 1.54) is 38.8 Å². The molecule has 0 saturated carbocycles. The second-order valence-electron chi connectivity index (χ2n) is 17.9. The van der Waals surface area contributed by atoms with Crippen molar-refractivity contribution in [3.63, 3.8) is 0 Å². The van der Waals surface area contributed by atoms with E-state index in [0.717, 1.165) is 67.1 Å². The summed E-state index contributed by atoms with van der Waals surface area (Å²) in [7, 11) is 0. The van der Waals surface area contributed by atoms with Gasteiger partial charge in [0.2, 0.25) is 0 Å². The third kappa shape index (κ3) is 17.7. The van der Waals surface area contributed by atoms with Gasteiger partial charge >= 0.3 is 0 Å². The van der Waals surface area contributed by atoms with Crippen molar-refractivity contribution in [2.45, 2.75) is 6.92 Å². The van der Waals surface area contributed by atoms with Gasteiger partial charge in [0, 0.05) is 123 Å². The monoisotopic (exact) mass is 1760 g/mol. The molecule has 0 aliphatic heterocycles. The van der Waals surface area contributed by atoms with Gasteiger partial charge in [-0.15, -0.1) is 136 Å². The Morgan fingerprint density at radius 2 is 0.617 bits per heavy atom. The van der Waals surface area contributed by atoms with Gasteiger partial charge in [0.25, 0.3) is 0 Å². The minimum atomic E-state index is 0. The summed E-state index contributed by atoms with van der Waals surface area (Å²) in [6.45, 7) is 2.07. The molecule has 0 amide bonds. The van der Waals surface area contributed by atoms with Crippen LogP contribution in [0.3, 0.4) is 0 Å². The molecule has 5 aromatic heterocycles. The van der Waals surface area contributed by atoms with Crippen LogP contribution in [0.5, 0.6) is 0 Å². The van der Waals surface area contributed by atoms with Crippen LogP contribution in [0, 0.1) is 31.2 Å². The smallest absolute Gasteiger partial charge is 0.0346 e. The third-order valence-corrected chi connectivity index (χ3v) is 12.5. The van der Waals surface area contributed by atoms with Crippen molar-refractivity contribution in [1.29, 1.82) is 0 Å². The maximum absolute atomic E-state index is 4.58. The molecule has 0 unspecified atom stereocenters. The molecular weight excluding hydrogens is 1700 g/mol. The Morgan fingerprint density at radius 3 is 1.05 bits per heavy atom. The predicted octanol–water partition coefficient (Wildman–Crippen LogP) is 17.7. The zero-order valence-corrected chi connectivity index (χ0v) is 53.4. The number of benzene rings is 8. The minimum absolute atomic E-state index is 0. The minimum Gasteiger partial charge on any atom is -0.305 e. The Bertz CT molecular complexity index is 3800. The van der Waals surface area contributed by atoms with Gasteiger partial charge in [0.1, 0.15) is 0 Å². The maximum atomic E-state index is 4.58. The predicted molar refractivity (Wildman–Crippen MR) is 316 cm³/mol. The molecule has 0 atom stereocenters. The van der Waals surface area contributed by atoms with E-state index in [9.17, 15) is 0 Å². The van der Waals surface area contributed by atoms with Gasteiger partial charge in [-0.1, -0.05) is 170 Å². The van der Waals surface area contributed by atoms with Crippen molar-refractivity contribution in [1.82, 2.24) is 24.9 Å². The Balaban J connectivity index is 0.000000175. The van der Waals surface area contributed by atoms with Crippen LogP contribution in [-0.2, 0) is 80.4 Å². The average Bonchev–Trinajstić information content (AvgIpc) is 3.53. The summed E-state index contributed by atoms with van der Waals surface area (Å²) in [6.07, 6.45) is 11.1. The molecular formula is C72H51Ir4N5-4. The van der Waals surface area contributed by atoms with Gasteiger partial charge in [-0.25, -0.2) is 0 Å². The zero-order chi connectivity index (χ0) is 52.3. The molecule has 4 radical (unpaired) electrons. The Hall–Kier alpha value is -7.63. The van der Waals surface area contributed by atoms with E-state index in [-0.39, 0.29) is 80.4 Å². The summed E-state index contributed by atoms with van der Waals surface area (Å²) in [5.41, 5.74) is 18.4. The third-order valence-electron chi connectivity index (χ3n) is 12.5. The van der Waals surface area contributed by atoms with Crippen molar-refractivity contribution < 1.29 is 80.4 Å². The molecule has 0 bridgehead atoms. The zero-order valence-electron chi connectivity index (χ0n) is 43.8.